The highest BCUT2D eigenvalue weighted by atomic mass is 19.1. The largest absolute Gasteiger partial charge is 0.457 e. The molecule has 0 aliphatic carbocycles. The molecule has 29 heavy (non-hydrogen) atoms. The van der Waals surface area contributed by atoms with Gasteiger partial charge in [0.05, 0.1) is 11.7 Å². The Morgan fingerprint density at radius 2 is 1.93 bits per heavy atom. The molecule has 0 aromatic heterocycles. The predicted octanol–water partition coefficient (Wildman–Crippen LogP) is 3.74. The highest BCUT2D eigenvalue weighted by molar-refractivity contribution is 5.95. The molecule has 3 rings (SSSR count). The van der Waals surface area contributed by atoms with Crippen molar-refractivity contribution in [3.05, 3.63) is 59.4 Å². The van der Waals surface area contributed by atoms with Crippen molar-refractivity contribution in [2.24, 2.45) is 11.1 Å². The van der Waals surface area contributed by atoms with E-state index in [0.717, 1.165) is 12.0 Å². The second kappa shape index (κ2) is 8.93. The Hall–Kier alpha value is -2.44. The molecule has 0 bridgehead atoms. The number of hydrogen-bond acceptors (Lipinski definition) is 4. The van der Waals surface area contributed by atoms with Gasteiger partial charge < -0.3 is 20.5 Å². The molecular weight excluding hydrogens is 371 g/mol. The van der Waals surface area contributed by atoms with Crippen molar-refractivity contribution >= 4 is 5.91 Å². The molecule has 6 heteroatoms. The molecule has 1 aliphatic heterocycles. The van der Waals surface area contributed by atoms with Gasteiger partial charge in [0, 0.05) is 13.1 Å². The lowest BCUT2D eigenvalue weighted by Gasteiger charge is -2.30. The van der Waals surface area contributed by atoms with E-state index in [1.165, 1.54) is 18.2 Å². The Morgan fingerprint density at radius 1 is 1.24 bits per heavy atom. The number of hydrogen-bond donors (Lipinski definition) is 2. The van der Waals surface area contributed by atoms with Crippen molar-refractivity contribution in [2.75, 3.05) is 19.6 Å². The van der Waals surface area contributed by atoms with Gasteiger partial charge in [0.1, 0.15) is 17.3 Å². The van der Waals surface area contributed by atoms with Crippen LogP contribution < -0.4 is 10.5 Å². The first kappa shape index (κ1) is 21.3. The summed E-state index contributed by atoms with van der Waals surface area (Å²) in [7, 11) is 0. The molecule has 5 nitrogen and oxygen atoms in total. The fourth-order valence-electron chi connectivity index (χ4n) is 3.81. The van der Waals surface area contributed by atoms with Gasteiger partial charge in [-0.3, -0.25) is 4.79 Å². The lowest BCUT2D eigenvalue weighted by molar-refractivity contribution is 0.0700. The van der Waals surface area contributed by atoms with Crippen molar-refractivity contribution in [1.29, 1.82) is 0 Å². The van der Waals surface area contributed by atoms with Gasteiger partial charge in [0.25, 0.3) is 5.91 Å². The summed E-state index contributed by atoms with van der Waals surface area (Å²) in [6.07, 6.45) is 1.44. The zero-order chi connectivity index (χ0) is 21.0. The molecule has 1 amide bonds. The van der Waals surface area contributed by atoms with Crippen molar-refractivity contribution in [3.8, 4) is 11.5 Å². The van der Waals surface area contributed by atoms with E-state index in [9.17, 15) is 14.3 Å². The van der Waals surface area contributed by atoms with Gasteiger partial charge in [-0.2, -0.15) is 0 Å². The molecule has 2 aromatic rings. The Labute approximate surface area is 171 Å². The summed E-state index contributed by atoms with van der Waals surface area (Å²) in [5.41, 5.74) is 6.42. The first-order chi connectivity index (χ1) is 13.8. The quantitative estimate of drug-likeness (QED) is 0.802. The van der Waals surface area contributed by atoms with Crippen LogP contribution in [-0.2, 0) is 6.42 Å². The number of carbonyl (C=O) groups excluding carboxylic acids is 1. The average Bonchev–Trinajstić information content (AvgIpc) is 2.81. The summed E-state index contributed by atoms with van der Waals surface area (Å²) in [5.74, 6) is 0.0434. The molecule has 1 saturated heterocycles. The molecule has 1 fully saturated rings. The molecule has 0 saturated carbocycles. The van der Waals surface area contributed by atoms with Gasteiger partial charge in [-0.25, -0.2) is 4.39 Å². The third kappa shape index (κ3) is 5.55. The maximum Gasteiger partial charge on any atom is 0.256 e. The van der Waals surface area contributed by atoms with Crippen LogP contribution in [0, 0.1) is 11.2 Å². The second-order valence-electron chi connectivity index (χ2n) is 8.46. The zero-order valence-electron chi connectivity index (χ0n) is 17.0. The lowest BCUT2D eigenvalue weighted by Crippen LogP contribution is -2.38. The molecule has 156 valence electrons. The number of likely N-dealkylation sites (tertiary alicyclic amines) is 1. The number of aliphatic hydroxyl groups is 1. The summed E-state index contributed by atoms with van der Waals surface area (Å²) >= 11 is 0. The van der Waals surface area contributed by atoms with E-state index in [-0.39, 0.29) is 16.9 Å². The van der Waals surface area contributed by atoms with Crippen LogP contribution >= 0.6 is 0 Å². The molecule has 1 heterocycles. The zero-order valence-corrected chi connectivity index (χ0v) is 17.0. The molecule has 1 atom stereocenters. The summed E-state index contributed by atoms with van der Waals surface area (Å²) in [5, 5.41) is 10.1. The summed E-state index contributed by atoms with van der Waals surface area (Å²) in [4.78, 5) is 14.7. The second-order valence-corrected chi connectivity index (χ2v) is 8.46. The Morgan fingerprint density at radius 3 is 2.62 bits per heavy atom. The number of carbonyl (C=O) groups is 1. The maximum absolute atomic E-state index is 14.5. The average molecular weight is 400 g/mol. The van der Waals surface area contributed by atoms with Gasteiger partial charge in [0.15, 0.2) is 0 Å². The number of amides is 1. The summed E-state index contributed by atoms with van der Waals surface area (Å²) in [6, 6.07) is 11.7. The highest BCUT2D eigenvalue weighted by Crippen LogP contribution is 2.30. The number of rotatable bonds is 5. The molecular formula is C23H29FN2O3. The normalized spacial score (nSPS) is 18.9. The van der Waals surface area contributed by atoms with Gasteiger partial charge in [-0.15, -0.1) is 0 Å². The first-order valence-corrected chi connectivity index (χ1v) is 10.0. The van der Waals surface area contributed by atoms with E-state index in [1.807, 2.05) is 38.1 Å². The van der Waals surface area contributed by atoms with Crippen molar-refractivity contribution < 1.29 is 19.0 Å². The van der Waals surface area contributed by atoms with Gasteiger partial charge in [-0.1, -0.05) is 26.0 Å². The van der Waals surface area contributed by atoms with Crippen LogP contribution in [-0.4, -0.2) is 41.7 Å². The standard InChI is InChI=1S/C23H29FN2O3/c1-23(2)14-17(27)10-12-26(15-23)22(28)20-13-19(7-8-21(20)24)29-18-5-3-16(4-6-18)9-11-25/h3-8,13,17,27H,9-12,14-15,25H2,1-2H3. The SMILES string of the molecule is CC1(C)CC(O)CCN(C(=O)c2cc(Oc3ccc(CCN)cc3)ccc2F)C1. The van der Waals surface area contributed by atoms with Crippen LogP contribution in [0.4, 0.5) is 4.39 Å². The maximum atomic E-state index is 14.5. The van der Waals surface area contributed by atoms with E-state index in [1.54, 1.807) is 4.90 Å². The minimum absolute atomic E-state index is 0.0190. The third-order valence-corrected chi connectivity index (χ3v) is 5.19. The van der Waals surface area contributed by atoms with E-state index in [4.69, 9.17) is 10.5 Å². The van der Waals surface area contributed by atoms with Crippen LogP contribution in [0.2, 0.25) is 0 Å². The van der Waals surface area contributed by atoms with E-state index in [2.05, 4.69) is 0 Å². The number of ether oxygens (including phenoxy) is 1. The third-order valence-electron chi connectivity index (χ3n) is 5.19. The fourth-order valence-corrected chi connectivity index (χ4v) is 3.81. The highest BCUT2D eigenvalue weighted by Gasteiger charge is 2.32. The molecule has 3 N–H and O–H groups in total. The smallest absolute Gasteiger partial charge is 0.256 e. The van der Waals surface area contributed by atoms with Gasteiger partial charge in [-0.05, 0) is 67.1 Å². The lowest BCUT2D eigenvalue weighted by atomic mass is 9.87. The van der Waals surface area contributed by atoms with Crippen molar-refractivity contribution in [2.45, 2.75) is 39.2 Å². The first-order valence-electron chi connectivity index (χ1n) is 10.0. The van der Waals surface area contributed by atoms with Crippen LogP contribution in [0.25, 0.3) is 0 Å². The molecule has 1 aliphatic rings. The number of nitrogens with two attached hydrogens (primary N) is 1. The van der Waals surface area contributed by atoms with E-state index >= 15 is 0 Å². The molecule has 0 radical (unpaired) electrons. The summed E-state index contributed by atoms with van der Waals surface area (Å²) in [6.45, 7) is 5.46. The number of halogens is 1. The van der Waals surface area contributed by atoms with Crippen LogP contribution in [0.15, 0.2) is 42.5 Å². The number of benzene rings is 2. The predicted molar refractivity (Wildman–Crippen MR) is 111 cm³/mol. The van der Waals surface area contributed by atoms with E-state index < -0.39 is 11.9 Å². The van der Waals surface area contributed by atoms with Crippen molar-refractivity contribution in [3.63, 3.8) is 0 Å². The van der Waals surface area contributed by atoms with Crippen LogP contribution in [0.5, 0.6) is 11.5 Å². The minimum Gasteiger partial charge on any atom is -0.457 e. The Kier molecular flexibility index (Phi) is 6.55. The van der Waals surface area contributed by atoms with Gasteiger partial charge >= 0.3 is 0 Å². The molecule has 1 unspecified atom stereocenters. The summed E-state index contributed by atoms with van der Waals surface area (Å²) < 4.78 is 20.3. The minimum atomic E-state index is -0.580. The Balaban J connectivity index is 1.78. The van der Waals surface area contributed by atoms with Crippen molar-refractivity contribution in [1.82, 2.24) is 4.90 Å². The topological polar surface area (TPSA) is 75.8 Å². The number of nitrogens with zero attached hydrogens (tertiary/aromatic N) is 1. The monoisotopic (exact) mass is 400 g/mol. The Bertz CT molecular complexity index is 852. The molecule has 0 spiro atoms. The molecule has 2 aromatic carbocycles. The fraction of sp³-hybridized carbons (Fsp3) is 0.435. The van der Waals surface area contributed by atoms with Gasteiger partial charge in [0.2, 0.25) is 0 Å². The van der Waals surface area contributed by atoms with E-state index in [0.29, 0.717) is 44.0 Å². The van der Waals surface area contributed by atoms with Crippen LogP contribution in [0.3, 0.4) is 0 Å². The van der Waals surface area contributed by atoms with Crippen LogP contribution in [0.1, 0.15) is 42.6 Å². The number of aliphatic hydroxyl groups excluding tert-OH is 1.